The number of hydrogen-bond donors (Lipinski definition) is 1. The molecule has 1 aliphatic rings. The Bertz CT molecular complexity index is 361. The standard InChI is InChI=1S/C13H23N3S/c1-10-5-7-17-13(10)12(8-14)16-6-4-11(9-16)15(2)3/h5,7,11-12H,4,6,8-9,14H2,1-3H3. The van der Waals surface area contributed by atoms with Crippen molar-refractivity contribution in [3.63, 3.8) is 0 Å². The van der Waals surface area contributed by atoms with Crippen LogP contribution in [0, 0.1) is 6.92 Å². The van der Waals surface area contributed by atoms with Crippen LogP contribution in [0.3, 0.4) is 0 Å². The highest BCUT2D eigenvalue weighted by atomic mass is 32.1. The second kappa shape index (κ2) is 5.48. The zero-order valence-corrected chi connectivity index (χ0v) is 11.8. The van der Waals surface area contributed by atoms with Crippen molar-refractivity contribution in [2.24, 2.45) is 5.73 Å². The maximum absolute atomic E-state index is 5.99. The van der Waals surface area contributed by atoms with Gasteiger partial charge in [-0.15, -0.1) is 11.3 Å². The molecule has 1 aromatic rings. The Morgan fingerprint density at radius 2 is 2.35 bits per heavy atom. The monoisotopic (exact) mass is 253 g/mol. The molecule has 0 aliphatic carbocycles. The van der Waals surface area contributed by atoms with Gasteiger partial charge in [0.15, 0.2) is 0 Å². The van der Waals surface area contributed by atoms with Crippen LogP contribution in [-0.2, 0) is 0 Å². The summed E-state index contributed by atoms with van der Waals surface area (Å²) in [7, 11) is 4.34. The van der Waals surface area contributed by atoms with Crippen molar-refractivity contribution in [3.8, 4) is 0 Å². The summed E-state index contributed by atoms with van der Waals surface area (Å²) >= 11 is 1.84. The van der Waals surface area contributed by atoms with Gasteiger partial charge in [-0.3, -0.25) is 4.90 Å². The van der Waals surface area contributed by atoms with Crippen molar-refractivity contribution in [1.82, 2.24) is 9.80 Å². The smallest absolute Gasteiger partial charge is 0.0567 e. The number of hydrogen-bond acceptors (Lipinski definition) is 4. The zero-order chi connectivity index (χ0) is 12.4. The van der Waals surface area contributed by atoms with Gasteiger partial charge < -0.3 is 10.6 Å². The highest BCUT2D eigenvalue weighted by Crippen LogP contribution is 2.31. The van der Waals surface area contributed by atoms with Crippen molar-refractivity contribution >= 4 is 11.3 Å². The van der Waals surface area contributed by atoms with E-state index in [2.05, 4.69) is 42.3 Å². The average Bonchev–Trinajstić information content (AvgIpc) is 2.90. The fraction of sp³-hybridized carbons (Fsp3) is 0.692. The molecule has 0 amide bonds. The van der Waals surface area contributed by atoms with E-state index < -0.39 is 0 Å². The van der Waals surface area contributed by atoms with Crippen molar-refractivity contribution in [1.29, 1.82) is 0 Å². The topological polar surface area (TPSA) is 32.5 Å². The Balaban J connectivity index is 2.08. The predicted molar refractivity (Wildman–Crippen MR) is 74.5 cm³/mol. The van der Waals surface area contributed by atoms with Gasteiger partial charge in [0.05, 0.1) is 6.04 Å². The molecule has 2 N–H and O–H groups in total. The maximum Gasteiger partial charge on any atom is 0.0567 e. The first kappa shape index (κ1) is 13.0. The van der Waals surface area contributed by atoms with E-state index in [0.717, 1.165) is 13.1 Å². The van der Waals surface area contributed by atoms with Crippen LogP contribution < -0.4 is 5.73 Å². The molecule has 1 aliphatic heterocycles. The van der Waals surface area contributed by atoms with Crippen LogP contribution >= 0.6 is 11.3 Å². The zero-order valence-electron chi connectivity index (χ0n) is 11.0. The van der Waals surface area contributed by atoms with Gasteiger partial charge in [0.2, 0.25) is 0 Å². The lowest BCUT2D eigenvalue weighted by molar-refractivity contribution is 0.222. The molecule has 0 bridgehead atoms. The highest BCUT2D eigenvalue weighted by molar-refractivity contribution is 7.10. The normalized spacial score (nSPS) is 23.5. The molecule has 2 unspecified atom stereocenters. The lowest BCUT2D eigenvalue weighted by atomic mass is 10.1. The van der Waals surface area contributed by atoms with Crippen molar-refractivity contribution in [3.05, 3.63) is 21.9 Å². The van der Waals surface area contributed by atoms with E-state index in [9.17, 15) is 0 Å². The molecule has 1 saturated heterocycles. The van der Waals surface area contributed by atoms with Crippen LogP contribution in [0.5, 0.6) is 0 Å². The molecule has 2 heterocycles. The Kier molecular flexibility index (Phi) is 4.20. The minimum Gasteiger partial charge on any atom is -0.329 e. The Labute approximate surface area is 108 Å². The second-order valence-electron chi connectivity index (χ2n) is 5.12. The molecule has 4 heteroatoms. The summed E-state index contributed by atoms with van der Waals surface area (Å²) in [6.45, 7) is 5.23. The third-order valence-electron chi connectivity index (χ3n) is 3.79. The molecule has 96 valence electrons. The lowest BCUT2D eigenvalue weighted by Gasteiger charge is -2.27. The maximum atomic E-state index is 5.99. The quantitative estimate of drug-likeness (QED) is 0.886. The van der Waals surface area contributed by atoms with Gasteiger partial charge in [-0.05, 0) is 44.4 Å². The van der Waals surface area contributed by atoms with Crippen LogP contribution in [0.4, 0.5) is 0 Å². The SMILES string of the molecule is Cc1ccsc1C(CN)N1CCC(N(C)C)C1. The molecule has 17 heavy (non-hydrogen) atoms. The minimum atomic E-state index is 0.417. The van der Waals surface area contributed by atoms with Crippen molar-refractivity contribution in [2.45, 2.75) is 25.4 Å². The number of thiophene rings is 1. The fourth-order valence-corrected chi connectivity index (χ4v) is 3.70. The molecule has 3 nitrogen and oxygen atoms in total. The summed E-state index contributed by atoms with van der Waals surface area (Å²) < 4.78 is 0. The first-order chi connectivity index (χ1) is 8.13. The third kappa shape index (κ3) is 2.71. The van der Waals surface area contributed by atoms with E-state index in [-0.39, 0.29) is 0 Å². The largest absolute Gasteiger partial charge is 0.329 e. The first-order valence-electron chi connectivity index (χ1n) is 6.28. The predicted octanol–water partition coefficient (Wildman–Crippen LogP) is 1.69. The first-order valence-corrected chi connectivity index (χ1v) is 7.16. The minimum absolute atomic E-state index is 0.417. The molecule has 1 aromatic heterocycles. The van der Waals surface area contributed by atoms with Gasteiger partial charge in [-0.25, -0.2) is 0 Å². The number of nitrogens with zero attached hydrogens (tertiary/aromatic N) is 2. The van der Waals surface area contributed by atoms with E-state index in [1.807, 2.05) is 11.3 Å². The van der Waals surface area contributed by atoms with Crippen LogP contribution in [-0.4, -0.2) is 49.6 Å². The lowest BCUT2D eigenvalue weighted by Crippen LogP contribution is -2.35. The molecule has 2 rings (SSSR count). The third-order valence-corrected chi connectivity index (χ3v) is 4.91. The molecule has 1 fully saturated rings. The van der Waals surface area contributed by atoms with E-state index >= 15 is 0 Å². The fourth-order valence-electron chi connectivity index (χ4n) is 2.62. The summed E-state index contributed by atoms with van der Waals surface area (Å²) in [5.74, 6) is 0. The number of likely N-dealkylation sites (N-methyl/N-ethyl adjacent to an activating group) is 1. The van der Waals surface area contributed by atoms with Gasteiger partial charge in [-0.1, -0.05) is 0 Å². The summed E-state index contributed by atoms with van der Waals surface area (Å²) in [5.41, 5.74) is 7.37. The second-order valence-corrected chi connectivity index (χ2v) is 6.07. The number of likely N-dealkylation sites (tertiary alicyclic amines) is 1. The number of nitrogens with two attached hydrogens (primary N) is 1. The molecule has 2 atom stereocenters. The van der Waals surface area contributed by atoms with Crippen molar-refractivity contribution < 1.29 is 0 Å². The van der Waals surface area contributed by atoms with Crippen molar-refractivity contribution in [2.75, 3.05) is 33.7 Å². The Hall–Kier alpha value is -0.420. The van der Waals surface area contributed by atoms with Crippen LogP contribution in [0.1, 0.15) is 22.9 Å². The van der Waals surface area contributed by atoms with E-state index in [1.54, 1.807) is 0 Å². The van der Waals surface area contributed by atoms with Gasteiger partial charge in [-0.2, -0.15) is 0 Å². The van der Waals surface area contributed by atoms with Gasteiger partial charge in [0.1, 0.15) is 0 Å². The number of aryl methyl sites for hydroxylation is 1. The highest BCUT2D eigenvalue weighted by Gasteiger charge is 2.30. The summed E-state index contributed by atoms with van der Waals surface area (Å²) in [5, 5.41) is 2.17. The summed E-state index contributed by atoms with van der Waals surface area (Å²) in [6.07, 6.45) is 1.26. The van der Waals surface area contributed by atoms with Crippen LogP contribution in [0.25, 0.3) is 0 Å². The molecule has 0 spiro atoms. The molecule has 0 radical (unpaired) electrons. The molecule has 0 saturated carbocycles. The average molecular weight is 253 g/mol. The summed E-state index contributed by atoms with van der Waals surface area (Å²) in [6, 6.07) is 3.30. The summed E-state index contributed by atoms with van der Waals surface area (Å²) in [4.78, 5) is 6.32. The van der Waals surface area contributed by atoms with Gasteiger partial charge in [0, 0.05) is 30.6 Å². The molecule has 0 aromatic carbocycles. The molecular formula is C13H23N3S. The Morgan fingerprint density at radius 1 is 1.59 bits per heavy atom. The van der Waals surface area contributed by atoms with Gasteiger partial charge >= 0.3 is 0 Å². The molecular weight excluding hydrogens is 230 g/mol. The number of rotatable bonds is 4. The van der Waals surface area contributed by atoms with E-state index in [1.165, 1.54) is 23.4 Å². The Morgan fingerprint density at radius 3 is 2.82 bits per heavy atom. The van der Waals surface area contributed by atoms with Crippen LogP contribution in [0.2, 0.25) is 0 Å². The van der Waals surface area contributed by atoms with E-state index in [4.69, 9.17) is 5.73 Å². The van der Waals surface area contributed by atoms with E-state index in [0.29, 0.717) is 12.1 Å². The van der Waals surface area contributed by atoms with Crippen LogP contribution in [0.15, 0.2) is 11.4 Å². The van der Waals surface area contributed by atoms with Gasteiger partial charge in [0.25, 0.3) is 0 Å².